The molecule has 0 bridgehead atoms. The summed E-state index contributed by atoms with van der Waals surface area (Å²) in [7, 11) is -2.33. The highest BCUT2D eigenvalue weighted by molar-refractivity contribution is 7.70. The van der Waals surface area contributed by atoms with Crippen LogP contribution in [0.3, 0.4) is 0 Å². The van der Waals surface area contributed by atoms with Gasteiger partial charge < -0.3 is 9.88 Å². The standard InChI is InChI=1S/C21H20FN6OP/c1-30(2,29)17-8-4-15(5-9-17)18-12-25-21(27-23)20(26-18)24-11-14-3-6-16-7-10-19(22)28(16)13-14/h3-10,12-13,23H,11H2,1-2H3,(H,24,26). The van der Waals surface area contributed by atoms with Gasteiger partial charge in [0.05, 0.1) is 11.9 Å². The molecule has 7 nitrogen and oxygen atoms in total. The highest BCUT2D eigenvalue weighted by Crippen LogP contribution is 2.35. The van der Waals surface area contributed by atoms with Gasteiger partial charge in [0.1, 0.15) is 7.14 Å². The zero-order valence-electron chi connectivity index (χ0n) is 16.5. The number of halogens is 1. The maximum Gasteiger partial charge on any atom is 0.216 e. The van der Waals surface area contributed by atoms with Gasteiger partial charge >= 0.3 is 0 Å². The van der Waals surface area contributed by atoms with Gasteiger partial charge in [-0.25, -0.2) is 15.5 Å². The quantitative estimate of drug-likeness (QED) is 0.335. The van der Waals surface area contributed by atoms with Gasteiger partial charge in [0.25, 0.3) is 0 Å². The van der Waals surface area contributed by atoms with E-state index in [0.29, 0.717) is 18.1 Å². The second kappa shape index (κ2) is 7.80. The first-order chi connectivity index (χ1) is 14.3. The minimum absolute atomic E-state index is 0.162. The Bertz CT molecular complexity index is 1280. The Balaban J connectivity index is 1.60. The van der Waals surface area contributed by atoms with Crippen LogP contribution in [-0.2, 0) is 11.1 Å². The van der Waals surface area contributed by atoms with Crippen LogP contribution < -0.4 is 10.6 Å². The maximum absolute atomic E-state index is 13.8. The van der Waals surface area contributed by atoms with Crippen molar-refractivity contribution in [1.82, 2.24) is 14.4 Å². The van der Waals surface area contributed by atoms with E-state index < -0.39 is 7.14 Å². The summed E-state index contributed by atoms with van der Waals surface area (Å²) in [6.45, 7) is 3.82. The van der Waals surface area contributed by atoms with Gasteiger partial charge in [-0.2, -0.15) is 4.39 Å². The number of anilines is 1. The van der Waals surface area contributed by atoms with Crippen LogP contribution in [0.4, 0.5) is 16.0 Å². The summed E-state index contributed by atoms with van der Waals surface area (Å²) >= 11 is 0. The van der Waals surface area contributed by atoms with E-state index in [1.165, 1.54) is 10.5 Å². The molecule has 0 fully saturated rings. The Morgan fingerprint density at radius 1 is 1.13 bits per heavy atom. The fourth-order valence-corrected chi connectivity index (χ4v) is 3.98. The molecule has 0 saturated heterocycles. The molecule has 0 spiro atoms. The van der Waals surface area contributed by atoms with Crippen molar-refractivity contribution in [2.24, 2.45) is 5.11 Å². The lowest BCUT2D eigenvalue weighted by Gasteiger charge is -2.11. The van der Waals surface area contributed by atoms with Crippen LogP contribution in [0.1, 0.15) is 5.56 Å². The molecule has 0 radical (unpaired) electrons. The molecule has 0 aliphatic carbocycles. The van der Waals surface area contributed by atoms with Crippen LogP contribution >= 0.6 is 7.14 Å². The molecule has 0 saturated carbocycles. The number of hydrogen-bond acceptors (Lipinski definition) is 6. The molecule has 0 aliphatic rings. The fourth-order valence-electron chi connectivity index (χ4n) is 3.12. The number of nitrogens with one attached hydrogen (secondary N) is 2. The molecule has 4 rings (SSSR count). The minimum Gasteiger partial charge on any atom is -0.363 e. The van der Waals surface area contributed by atoms with Crippen molar-refractivity contribution < 1.29 is 8.96 Å². The lowest BCUT2D eigenvalue weighted by Crippen LogP contribution is -2.05. The van der Waals surface area contributed by atoms with Crippen molar-refractivity contribution >= 4 is 29.6 Å². The first-order valence-electron chi connectivity index (χ1n) is 9.25. The molecule has 0 unspecified atom stereocenters. The molecule has 0 aliphatic heterocycles. The summed E-state index contributed by atoms with van der Waals surface area (Å²) in [6.07, 6.45) is 3.26. The summed E-state index contributed by atoms with van der Waals surface area (Å²) < 4.78 is 27.5. The van der Waals surface area contributed by atoms with Crippen molar-refractivity contribution in [2.45, 2.75) is 6.54 Å². The van der Waals surface area contributed by atoms with E-state index in [-0.39, 0.29) is 11.8 Å². The predicted molar refractivity (Wildman–Crippen MR) is 116 cm³/mol. The van der Waals surface area contributed by atoms with Crippen molar-refractivity contribution in [3.63, 3.8) is 0 Å². The fraction of sp³-hybridized carbons (Fsp3) is 0.143. The van der Waals surface area contributed by atoms with E-state index in [2.05, 4.69) is 20.4 Å². The van der Waals surface area contributed by atoms with E-state index in [0.717, 1.165) is 21.9 Å². The van der Waals surface area contributed by atoms with Gasteiger partial charge in [-0.05, 0) is 37.1 Å². The highest BCUT2D eigenvalue weighted by atomic mass is 31.2. The molecule has 3 heterocycles. The molecule has 1 aromatic carbocycles. The number of nitrogens with zero attached hydrogens (tertiary/aromatic N) is 4. The second-order valence-corrected chi connectivity index (χ2v) is 10.5. The summed E-state index contributed by atoms with van der Waals surface area (Å²) in [4.78, 5) is 8.77. The molecule has 30 heavy (non-hydrogen) atoms. The molecule has 0 atom stereocenters. The predicted octanol–water partition coefficient (Wildman–Crippen LogP) is 5.06. The van der Waals surface area contributed by atoms with E-state index in [1.807, 2.05) is 36.4 Å². The Morgan fingerprint density at radius 3 is 2.57 bits per heavy atom. The number of benzene rings is 1. The Labute approximate surface area is 172 Å². The average Bonchev–Trinajstić information content (AvgIpc) is 3.12. The summed E-state index contributed by atoms with van der Waals surface area (Å²) in [5.41, 5.74) is 10.4. The van der Waals surface area contributed by atoms with Crippen LogP contribution in [0.5, 0.6) is 0 Å². The molecule has 0 amide bonds. The van der Waals surface area contributed by atoms with E-state index >= 15 is 0 Å². The number of aromatic nitrogens is 3. The largest absolute Gasteiger partial charge is 0.363 e. The van der Waals surface area contributed by atoms with Gasteiger partial charge in [0.15, 0.2) is 11.8 Å². The van der Waals surface area contributed by atoms with Crippen LogP contribution in [0.2, 0.25) is 0 Å². The Morgan fingerprint density at radius 2 is 1.87 bits per heavy atom. The van der Waals surface area contributed by atoms with E-state index in [4.69, 9.17) is 5.53 Å². The van der Waals surface area contributed by atoms with Crippen molar-refractivity contribution in [1.29, 1.82) is 5.53 Å². The first-order valence-corrected chi connectivity index (χ1v) is 11.8. The van der Waals surface area contributed by atoms with Crippen LogP contribution in [0.25, 0.3) is 16.8 Å². The van der Waals surface area contributed by atoms with E-state index in [9.17, 15) is 8.96 Å². The summed E-state index contributed by atoms with van der Waals surface area (Å²) in [5.74, 6) is 0.189. The van der Waals surface area contributed by atoms with Gasteiger partial charge in [-0.1, -0.05) is 30.3 Å². The molecule has 2 N–H and O–H groups in total. The summed E-state index contributed by atoms with van der Waals surface area (Å²) in [5, 5.41) is 7.36. The van der Waals surface area contributed by atoms with E-state index in [1.54, 1.807) is 31.8 Å². The lowest BCUT2D eigenvalue weighted by atomic mass is 10.1. The lowest BCUT2D eigenvalue weighted by molar-refractivity contribution is 0.573. The number of hydrogen-bond donors (Lipinski definition) is 2. The van der Waals surface area contributed by atoms with Crippen LogP contribution in [0.15, 0.2) is 66.0 Å². The second-order valence-electron chi connectivity index (χ2n) is 7.28. The third-order valence-electron chi connectivity index (χ3n) is 4.77. The summed E-state index contributed by atoms with van der Waals surface area (Å²) in [6, 6.07) is 14.2. The van der Waals surface area contributed by atoms with Crippen molar-refractivity contribution in [3.8, 4) is 11.3 Å². The third-order valence-corrected chi connectivity index (χ3v) is 6.31. The zero-order valence-corrected chi connectivity index (χ0v) is 17.4. The molecule has 4 aromatic rings. The number of pyridine rings is 1. The molecular formula is C21H20FN6OP. The molecular weight excluding hydrogens is 402 g/mol. The van der Waals surface area contributed by atoms with Crippen LogP contribution in [-0.4, -0.2) is 27.7 Å². The normalized spacial score (nSPS) is 11.6. The van der Waals surface area contributed by atoms with Crippen molar-refractivity contribution in [3.05, 3.63) is 72.4 Å². The van der Waals surface area contributed by atoms with Crippen molar-refractivity contribution in [2.75, 3.05) is 18.6 Å². The Kier molecular flexibility index (Phi) is 5.18. The topological polar surface area (TPSA) is 95.5 Å². The van der Waals surface area contributed by atoms with Gasteiger partial charge in [-0.15, -0.1) is 5.11 Å². The minimum atomic E-state index is -2.33. The smallest absolute Gasteiger partial charge is 0.216 e. The zero-order chi connectivity index (χ0) is 21.3. The van der Waals surface area contributed by atoms with Gasteiger partial charge in [0.2, 0.25) is 5.82 Å². The average molecular weight is 422 g/mol. The van der Waals surface area contributed by atoms with Crippen LogP contribution in [0, 0.1) is 11.5 Å². The SMILES string of the molecule is CP(C)(=O)c1ccc(-c2cnc(N=N)c(NCc3ccc4ccc(F)n4c3)n2)cc1. The number of fused-ring (bicyclic) bond motifs is 1. The number of rotatable bonds is 6. The Hall–Kier alpha value is -3.38. The maximum atomic E-state index is 13.8. The highest BCUT2D eigenvalue weighted by Gasteiger charge is 2.13. The van der Waals surface area contributed by atoms with Gasteiger partial charge in [0, 0.05) is 29.1 Å². The molecule has 152 valence electrons. The monoisotopic (exact) mass is 422 g/mol. The molecule has 9 heteroatoms. The third kappa shape index (κ3) is 4.00. The van der Waals surface area contributed by atoms with Gasteiger partial charge in [-0.3, -0.25) is 4.40 Å². The molecule has 3 aromatic heterocycles. The first kappa shape index (κ1) is 19.9.